The van der Waals surface area contributed by atoms with Crippen LogP contribution < -0.4 is 0 Å². The molecule has 3 heteroatoms. The lowest BCUT2D eigenvalue weighted by molar-refractivity contribution is -0.0250. The Bertz CT molecular complexity index is 248. The first kappa shape index (κ1) is 13.4. The van der Waals surface area contributed by atoms with E-state index in [0.29, 0.717) is 17.6 Å². The second-order valence-electron chi connectivity index (χ2n) is 5.46. The van der Waals surface area contributed by atoms with Crippen molar-refractivity contribution in [1.82, 2.24) is 0 Å². The summed E-state index contributed by atoms with van der Waals surface area (Å²) in [6.45, 7) is 6.95. The van der Waals surface area contributed by atoms with E-state index in [-0.39, 0.29) is 18.5 Å². The van der Waals surface area contributed by atoms with Gasteiger partial charge < -0.3 is 14.9 Å². The molecule has 0 bridgehead atoms. The third-order valence-electron chi connectivity index (χ3n) is 3.98. The molecular formula is C13H24O3. The first-order chi connectivity index (χ1) is 7.48. The molecule has 0 saturated heterocycles. The molecule has 2 atom stereocenters. The maximum atomic E-state index is 9.11. The molecule has 1 saturated carbocycles. The molecule has 1 aliphatic rings. The van der Waals surface area contributed by atoms with Crippen molar-refractivity contribution in [3.8, 4) is 0 Å². The lowest BCUT2D eigenvalue weighted by Gasteiger charge is -2.41. The van der Waals surface area contributed by atoms with Gasteiger partial charge in [0.25, 0.3) is 0 Å². The number of ether oxygens (including phenoxy) is 1. The van der Waals surface area contributed by atoms with Crippen molar-refractivity contribution in [3.05, 3.63) is 12.0 Å². The smallest absolute Gasteiger partial charge is 0.152 e. The normalized spacial score (nSPS) is 32.0. The van der Waals surface area contributed by atoms with Crippen LogP contribution >= 0.6 is 0 Å². The highest BCUT2D eigenvalue weighted by molar-refractivity contribution is 4.88. The number of aliphatic hydroxyl groups is 2. The van der Waals surface area contributed by atoms with Gasteiger partial charge in [-0.2, -0.15) is 0 Å². The minimum absolute atomic E-state index is 0.100. The molecule has 94 valence electrons. The minimum Gasteiger partial charge on any atom is -0.512 e. The van der Waals surface area contributed by atoms with Crippen molar-refractivity contribution in [2.75, 3.05) is 6.61 Å². The van der Waals surface area contributed by atoms with Gasteiger partial charge >= 0.3 is 0 Å². The van der Waals surface area contributed by atoms with E-state index >= 15 is 0 Å². The summed E-state index contributed by atoms with van der Waals surface area (Å²) in [5.41, 5.74) is 0.349. The molecule has 0 radical (unpaired) electrons. The average Bonchev–Trinajstić information content (AvgIpc) is 2.26. The molecule has 0 aliphatic heterocycles. The Kier molecular flexibility index (Phi) is 4.66. The van der Waals surface area contributed by atoms with Crippen molar-refractivity contribution in [2.45, 2.75) is 52.6 Å². The lowest BCUT2D eigenvalue weighted by Crippen LogP contribution is -2.34. The Balaban J connectivity index is 2.45. The van der Waals surface area contributed by atoms with E-state index in [1.807, 2.05) is 0 Å². The highest BCUT2D eigenvalue weighted by atomic mass is 16.5. The molecule has 2 unspecified atom stereocenters. The monoisotopic (exact) mass is 228 g/mol. The fraction of sp³-hybridized carbons (Fsp3) is 0.846. The Labute approximate surface area is 98.1 Å². The summed E-state index contributed by atoms with van der Waals surface area (Å²) in [5, 5.41) is 17.7. The molecule has 1 rings (SSSR count). The van der Waals surface area contributed by atoms with Crippen LogP contribution in [0.25, 0.3) is 0 Å². The van der Waals surface area contributed by atoms with E-state index in [0.717, 1.165) is 12.8 Å². The summed E-state index contributed by atoms with van der Waals surface area (Å²) in [6, 6.07) is 0. The zero-order valence-electron chi connectivity index (χ0n) is 10.6. The molecule has 0 aromatic heterocycles. The summed E-state index contributed by atoms with van der Waals surface area (Å²) in [6.07, 6.45) is 5.45. The molecule has 3 nitrogen and oxygen atoms in total. The van der Waals surface area contributed by atoms with E-state index in [4.69, 9.17) is 14.9 Å². The fourth-order valence-corrected chi connectivity index (χ4v) is 2.36. The van der Waals surface area contributed by atoms with Gasteiger partial charge in [0, 0.05) is 0 Å². The molecule has 0 heterocycles. The van der Waals surface area contributed by atoms with Crippen molar-refractivity contribution in [2.24, 2.45) is 11.3 Å². The van der Waals surface area contributed by atoms with Gasteiger partial charge in [0.15, 0.2) is 5.76 Å². The number of hydrogen-bond donors (Lipinski definition) is 2. The van der Waals surface area contributed by atoms with Gasteiger partial charge in [-0.05, 0) is 30.6 Å². The molecule has 0 aromatic carbocycles. The van der Waals surface area contributed by atoms with Gasteiger partial charge in [-0.1, -0.05) is 27.2 Å². The Morgan fingerprint density at radius 3 is 2.81 bits per heavy atom. The Morgan fingerprint density at radius 2 is 2.25 bits per heavy atom. The summed E-state index contributed by atoms with van der Waals surface area (Å²) < 4.78 is 5.60. The van der Waals surface area contributed by atoms with Gasteiger partial charge in [0.1, 0.15) is 12.9 Å². The molecule has 1 fully saturated rings. The predicted molar refractivity (Wildman–Crippen MR) is 64.5 cm³/mol. The van der Waals surface area contributed by atoms with Gasteiger partial charge in [-0.15, -0.1) is 0 Å². The van der Waals surface area contributed by atoms with E-state index < -0.39 is 0 Å². The van der Waals surface area contributed by atoms with Crippen molar-refractivity contribution in [3.63, 3.8) is 0 Å². The predicted octanol–water partition coefficient (Wildman–Crippen LogP) is 3.57. The minimum atomic E-state index is -0.100. The Hall–Kier alpha value is -0.700. The standard InChI is InChI=1S/C13H24O3/c1-10(2)13(3)6-4-5-12(7-13)16-9-11(15)8-14/h8,10,12,14-15H,4-7,9H2,1-3H3. The van der Waals surface area contributed by atoms with E-state index in [1.54, 1.807) is 0 Å². The molecule has 1 aliphatic carbocycles. The first-order valence-corrected chi connectivity index (χ1v) is 6.12. The third kappa shape index (κ3) is 3.41. The van der Waals surface area contributed by atoms with E-state index in [1.165, 1.54) is 12.8 Å². The lowest BCUT2D eigenvalue weighted by atomic mass is 9.67. The second-order valence-corrected chi connectivity index (χ2v) is 5.46. The first-order valence-electron chi connectivity index (χ1n) is 6.12. The van der Waals surface area contributed by atoms with Crippen LogP contribution in [0.3, 0.4) is 0 Å². The van der Waals surface area contributed by atoms with Gasteiger partial charge in [-0.25, -0.2) is 0 Å². The maximum absolute atomic E-state index is 9.11. The molecule has 16 heavy (non-hydrogen) atoms. The summed E-state index contributed by atoms with van der Waals surface area (Å²) in [7, 11) is 0. The highest BCUT2D eigenvalue weighted by Crippen LogP contribution is 2.42. The zero-order chi connectivity index (χ0) is 12.2. The van der Waals surface area contributed by atoms with Crippen LogP contribution in [-0.4, -0.2) is 22.9 Å². The average molecular weight is 228 g/mol. The topological polar surface area (TPSA) is 49.7 Å². The van der Waals surface area contributed by atoms with Crippen LogP contribution in [0.2, 0.25) is 0 Å². The number of rotatable bonds is 4. The molecule has 0 spiro atoms. The van der Waals surface area contributed by atoms with Crippen LogP contribution in [-0.2, 0) is 4.74 Å². The maximum Gasteiger partial charge on any atom is 0.152 e. The number of hydrogen-bond acceptors (Lipinski definition) is 3. The largest absolute Gasteiger partial charge is 0.512 e. The Morgan fingerprint density at radius 1 is 1.56 bits per heavy atom. The van der Waals surface area contributed by atoms with Crippen LogP contribution in [0.4, 0.5) is 0 Å². The summed E-state index contributed by atoms with van der Waals surface area (Å²) in [5.74, 6) is 0.553. The van der Waals surface area contributed by atoms with Gasteiger partial charge in [0.2, 0.25) is 0 Å². The third-order valence-corrected chi connectivity index (χ3v) is 3.98. The second kappa shape index (κ2) is 5.58. The van der Waals surface area contributed by atoms with Gasteiger partial charge in [0.05, 0.1) is 6.10 Å². The van der Waals surface area contributed by atoms with Crippen molar-refractivity contribution >= 4 is 0 Å². The highest BCUT2D eigenvalue weighted by Gasteiger charge is 2.35. The zero-order valence-corrected chi connectivity index (χ0v) is 10.6. The molecule has 0 amide bonds. The molecular weight excluding hydrogens is 204 g/mol. The van der Waals surface area contributed by atoms with Crippen LogP contribution in [0.1, 0.15) is 46.5 Å². The van der Waals surface area contributed by atoms with E-state index in [2.05, 4.69) is 20.8 Å². The van der Waals surface area contributed by atoms with E-state index in [9.17, 15) is 0 Å². The summed E-state index contributed by atoms with van der Waals surface area (Å²) in [4.78, 5) is 0. The quantitative estimate of drug-likeness (QED) is 0.723. The summed E-state index contributed by atoms with van der Waals surface area (Å²) >= 11 is 0. The van der Waals surface area contributed by atoms with Crippen LogP contribution in [0, 0.1) is 11.3 Å². The SMILES string of the molecule is CC(C)C1(C)CCCC(OCC(O)=CO)C1. The fourth-order valence-electron chi connectivity index (χ4n) is 2.36. The molecule has 0 aromatic rings. The van der Waals surface area contributed by atoms with Crippen LogP contribution in [0.15, 0.2) is 12.0 Å². The van der Waals surface area contributed by atoms with Crippen molar-refractivity contribution in [1.29, 1.82) is 0 Å². The molecule has 2 N–H and O–H groups in total. The number of aliphatic hydroxyl groups excluding tert-OH is 2. The van der Waals surface area contributed by atoms with Crippen LogP contribution in [0.5, 0.6) is 0 Å². The van der Waals surface area contributed by atoms with Gasteiger partial charge in [-0.3, -0.25) is 0 Å². The van der Waals surface area contributed by atoms with Crippen molar-refractivity contribution < 1.29 is 14.9 Å².